The summed E-state index contributed by atoms with van der Waals surface area (Å²) in [6, 6.07) is 128. The first kappa shape index (κ1) is 79.5. The van der Waals surface area contributed by atoms with Gasteiger partial charge in [-0.05, 0) is 163 Å². The van der Waals surface area contributed by atoms with E-state index < -0.39 is 0 Å². The molecule has 24 rings (SSSR count). The molecule has 0 aliphatic carbocycles. The maximum absolute atomic E-state index is 5.11. The minimum Gasteiger partial charge on any atom is -0.346 e. The Morgan fingerprint density at radius 1 is 0.244 bits per heavy atom. The van der Waals surface area contributed by atoms with Gasteiger partial charge in [0.05, 0.1) is 16.6 Å². The van der Waals surface area contributed by atoms with Gasteiger partial charge in [0.25, 0.3) is 0 Å². The van der Waals surface area contributed by atoms with Gasteiger partial charge in [0.15, 0.2) is 0 Å². The second-order valence-electron chi connectivity index (χ2n) is 28.8. The molecule has 0 aliphatic heterocycles. The van der Waals surface area contributed by atoms with Gasteiger partial charge in [0.1, 0.15) is 0 Å². The normalized spacial score (nSPS) is 11.2. The Hall–Kier alpha value is -13.3. The number of para-hydroxylation sites is 4. The summed E-state index contributed by atoms with van der Waals surface area (Å²) >= 11 is 5.06. The average molecular weight is 2170 g/mol. The Balaban J connectivity index is 0.000000120. The van der Waals surface area contributed by atoms with Crippen molar-refractivity contribution in [3.8, 4) is 116 Å². The molecule has 0 amide bonds. The van der Waals surface area contributed by atoms with Crippen LogP contribution < -0.4 is 0 Å². The zero-order valence-corrected chi connectivity index (χ0v) is 73.9. The quantitative estimate of drug-likeness (QED) is 0.110. The monoisotopic (exact) mass is 2170 g/mol. The molecule has 0 saturated heterocycles. The zero-order chi connectivity index (χ0) is 79.4. The van der Waals surface area contributed by atoms with E-state index in [1.807, 2.05) is 110 Å². The van der Waals surface area contributed by atoms with Gasteiger partial charge < -0.3 is 28.7 Å². The predicted molar refractivity (Wildman–Crippen MR) is 491 cm³/mol. The first-order valence-corrected chi connectivity index (χ1v) is 41.5. The standard InChI is InChI=1S/3C35H20N4S.3Pt/c1-2-14-31-28(11-1)29-17-16-24(35-38-34-27(12-6-15-33(34)40-35)25-9-7-18-36-22-25)21-32(29)39(31)26-10-5-8-23(20-26)30-13-3-4-19-37-30;1-2-12-32-28(10-1)29-15-13-25(35-38-31-16-14-23(21-34(31)40-35)26-8-6-17-36-22-26)20-33(29)39(32)27-9-5-7-24(19-27)30-11-3-4-18-37-30;1-2-12-32-28(10-1)29-15-13-25(35-38-31-20-23(14-16-34(31)40-35)26-8-6-17-36-22-26)21-33(29)39(32)27-9-5-7-24(19-27)30-11-3-4-18-37-30;;;/h1-19,22H;1-18,21-22H;1-18,20,22H;;;/q3*-2;3*+2. The van der Waals surface area contributed by atoms with Crippen molar-refractivity contribution >= 4 is 130 Å². The van der Waals surface area contributed by atoms with E-state index in [1.54, 1.807) is 52.6 Å². The maximum Gasteiger partial charge on any atom is 2.00 e. The number of hydrogen-bond acceptors (Lipinski definition) is 12. The average Bonchev–Trinajstić information content (AvgIpc) is 1.56. The van der Waals surface area contributed by atoms with E-state index in [9.17, 15) is 0 Å². The minimum atomic E-state index is 0. The molecule has 0 bridgehead atoms. The van der Waals surface area contributed by atoms with Gasteiger partial charge in [0, 0.05) is 124 Å². The smallest absolute Gasteiger partial charge is 0.346 e. The number of fused-ring (bicyclic) bond motifs is 12. The summed E-state index contributed by atoms with van der Waals surface area (Å²) in [4.78, 5) is 41.6. The molecular formula is C105H60N12Pt3S3. The van der Waals surface area contributed by atoms with Crippen LogP contribution in [0.4, 0.5) is 0 Å². The molecule has 0 aliphatic rings. The van der Waals surface area contributed by atoms with Gasteiger partial charge in [-0.25, -0.2) is 0 Å². The van der Waals surface area contributed by atoms with Crippen molar-refractivity contribution in [2.24, 2.45) is 0 Å². The van der Waals surface area contributed by atoms with Gasteiger partial charge in [-0.1, -0.05) is 150 Å². The first-order valence-electron chi connectivity index (χ1n) is 39.1. The molecule has 0 radical (unpaired) electrons. The topological polar surface area (TPSA) is 131 Å². The summed E-state index contributed by atoms with van der Waals surface area (Å²) in [5.74, 6) is 0. The Morgan fingerprint density at radius 2 is 0.642 bits per heavy atom. The van der Waals surface area contributed by atoms with E-state index in [4.69, 9.17) is 15.0 Å². The summed E-state index contributed by atoms with van der Waals surface area (Å²) in [6.07, 6.45) is 16.5. The third-order valence-corrected chi connectivity index (χ3v) is 24.7. The van der Waals surface area contributed by atoms with Gasteiger partial charge in [-0.3, -0.25) is 29.9 Å². The Kier molecular flexibility index (Phi) is 22.4. The van der Waals surface area contributed by atoms with E-state index in [0.717, 1.165) is 196 Å². The molecule has 12 heterocycles. The van der Waals surface area contributed by atoms with E-state index in [1.165, 1.54) is 16.2 Å². The molecule has 12 aromatic carbocycles. The van der Waals surface area contributed by atoms with Crippen LogP contribution in [-0.2, 0) is 63.2 Å². The third-order valence-electron chi connectivity index (χ3n) is 21.5. The molecule has 18 heteroatoms. The molecule has 0 unspecified atom stereocenters. The Labute approximate surface area is 762 Å². The van der Waals surface area contributed by atoms with E-state index in [2.05, 4.69) is 317 Å². The number of benzene rings is 12. The van der Waals surface area contributed by atoms with Crippen molar-refractivity contribution in [1.82, 2.24) is 58.6 Å². The van der Waals surface area contributed by atoms with Crippen LogP contribution in [0.3, 0.4) is 0 Å². The van der Waals surface area contributed by atoms with Crippen LogP contribution >= 0.6 is 34.0 Å². The minimum absolute atomic E-state index is 0. The molecule has 0 spiro atoms. The predicted octanol–water partition coefficient (Wildman–Crippen LogP) is 26.3. The second kappa shape index (κ2) is 34.7. The van der Waals surface area contributed by atoms with Crippen LogP contribution in [0.25, 0.3) is 212 Å². The maximum atomic E-state index is 5.11. The fourth-order valence-electron chi connectivity index (χ4n) is 15.9. The summed E-state index contributed by atoms with van der Waals surface area (Å²) < 4.78 is 10.2. The SMILES string of the molecule is [Pt+2].[Pt+2].[Pt+2].[c-]1c(-c2ccccn2)cccc1-n1c2[c-]c(-c3nc4c(-c5cccnc5)cccc4s3)ccc2c2ccccc21.[c-]1c(-c2ccccn2)cccc1-n1c2[c-]c(-c3nc4cc(-c5cccnc5)ccc4s3)ccc2c2ccccc21.[c-]1c(-c2ccccn2)cccc1-n1c2[c-]c(-c3nc4ccc(-c5cccnc5)cc4s3)ccc2c2ccccc21. The van der Waals surface area contributed by atoms with Crippen molar-refractivity contribution in [3.63, 3.8) is 0 Å². The molecule has 12 aromatic heterocycles. The molecule has 0 N–H and O–H groups in total. The fraction of sp³-hybridized carbons (Fsp3) is 0. The van der Waals surface area contributed by atoms with E-state index in [0.29, 0.717) is 0 Å². The van der Waals surface area contributed by atoms with Crippen molar-refractivity contribution in [2.45, 2.75) is 0 Å². The number of thiazole rings is 3. The van der Waals surface area contributed by atoms with Crippen LogP contribution in [-0.4, -0.2) is 58.6 Å². The third kappa shape index (κ3) is 15.3. The molecular weight excluding hydrogens is 2110 g/mol. The van der Waals surface area contributed by atoms with Crippen molar-refractivity contribution < 1.29 is 63.2 Å². The molecule has 588 valence electrons. The van der Waals surface area contributed by atoms with Gasteiger partial charge in [0.2, 0.25) is 0 Å². The summed E-state index contributed by atoms with van der Waals surface area (Å²) in [5, 5.41) is 9.83. The molecule has 12 nitrogen and oxygen atoms in total. The molecule has 0 atom stereocenters. The van der Waals surface area contributed by atoms with Crippen LogP contribution in [0, 0.1) is 36.4 Å². The molecule has 24 aromatic rings. The van der Waals surface area contributed by atoms with E-state index in [-0.39, 0.29) is 63.2 Å². The summed E-state index contributed by atoms with van der Waals surface area (Å²) in [6.45, 7) is 0. The fourth-order valence-corrected chi connectivity index (χ4v) is 18.8. The van der Waals surface area contributed by atoms with Gasteiger partial charge >= 0.3 is 63.2 Å². The van der Waals surface area contributed by atoms with Gasteiger partial charge in [-0.15, -0.1) is 161 Å². The summed E-state index contributed by atoms with van der Waals surface area (Å²) in [5.41, 5.74) is 27.2. The number of rotatable bonds is 12. The van der Waals surface area contributed by atoms with Crippen LogP contribution in [0.1, 0.15) is 0 Å². The van der Waals surface area contributed by atoms with Gasteiger partial charge in [-0.2, -0.15) is 34.0 Å². The van der Waals surface area contributed by atoms with E-state index >= 15 is 0 Å². The van der Waals surface area contributed by atoms with Crippen molar-refractivity contribution in [1.29, 1.82) is 0 Å². The molecule has 123 heavy (non-hydrogen) atoms. The van der Waals surface area contributed by atoms with Crippen LogP contribution in [0.5, 0.6) is 0 Å². The number of nitrogens with zero attached hydrogens (tertiary/aromatic N) is 12. The summed E-state index contributed by atoms with van der Waals surface area (Å²) in [7, 11) is 0. The first-order chi connectivity index (χ1) is 59.5. The van der Waals surface area contributed by atoms with Crippen molar-refractivity contribution in [3.05, 3.63) is 402 Å². The molecule has 0 fully saturated rings. The number of pyridine rings is 6. The zero-order valence-electron chi connectivity index (χ0n) is 64.7. The van der Waals surface area contributed by atoms with Crippen LogP contribution in [0.15, 0.2) is 365 Å². The van der Waals surface area contributed by atoms with Crippen LogP contribution in [0.2, 0.25) is 0 Å². The number of hydrogen-bond donors (Lipinski definition) is 0. The Morgan fingerprint density at radius 3 is 1.09 bits per heavy atom. The molecule has 0 saturated carbocycles. The van der Waals surface area contributed by atoms with Crippen molar-refractivity contribution in [2.75, 3.05) is 0 Å². The second-order valence-corrected chi connectivity index (χ2v) is 31.8. The Bertz CT molecular complexity index is 7680. The number of aromatic nitrogens is 12. The largest absolute Gasteiger partial charge is 2.00 e.